The zero-order valence-electron chi connectivity index (χ0n) is 12.4. The Labute approximate surface area is 135 Å². The SMILES string of the molecule is O=C(CN1C(=O)c2ccccc2C1=O)Oc1ccc2nc[nH]c2c1. The van der Waals surface area contributed by atoms with Crippen molar-refractivity contribution in [3.63, 3.8) is 0 Å². The highest BCUT2D eigenvalue weighted by Gasteiger charge is 2.36. The zero-order chi connectivity index (χ0) is 16.7. The smallest absolute Gasteiger partial charge is 0.331 e. The van der Waals surface area contributed by atoms with Crippen molar-refractivity contribution in [3.05, 3.63) is 59.9 Å². The van der Waals surface area contributed by atoms with Gasteiger partial charge in [0.1, 0.15) is 12.3 Å². The fourth-order valence-corrected chi connectivity index (χ4v) is 2.65. The third-order valence-corrected chi connectivity index (χ3v) is 3.79. The molecule has 1 aliphatic heterocycles. The molecule has 0 fully saturated rings. The highest BCUT2D eigenvalue weighted by atomic mass is 16.5. The predicted octanol–water partition coefficient (Wildman–Crippen LogP) is 1.76. The molecule has 1 aromatic heterocycles. The summed E-state index contributed by atoms with van der Waals surface area (Å²) >= 11 is 0. The fourth-order valence-electron chi connectivity index (χ4n) is 2.65. The second kappa shape index (κ2) is 5.31. The third-order valence-electron chi connectivity index (χ3n) is 3.79. The van der Waals surface area contributed by atoms with Crippen LogP contribution in [0.3, 0.4) is 0 Å². The van der Waals surface area contributed by atoms with Crippen LogP contribution in [0, 0.1) is 0 Å². The maximum absolute atomic E-state index is 12.2. The van der Waals surface area contributed by atoms with Crippen molar-refractivity contribution in [2.45, 2.75) is 0 Å². The number of aromatic amines is 1. The van der Waals surface area contributed by atoms with Gasteiger partial charge in [-0.3, -0.25) is 14.5 Å². The number of carbonyl (C=O) groups excluding carboxylic acids is 3. The van der Waals surface area contributed by atoms with Crippen molar-refractivity contribution in [1.82, 2.24) is 14.9 Å². The number of hydrogen-bond acceptors (Lipinski definition) is 5. The molecule has 1 aliphatic rings. The van der Waals surface area contributed by atoms with Crippen molar-refractivity contribution in [1.29, 1.82) is 0 Å². The Morgan fingerprint density at radius 1 is 1.08 bits per heavy atom. The van der Waals surface area contributed by atoms with Gasteiger partial charge in [0, 0.05) is 6.07 Å². The zero-order valence-corrected chi connectivity index (χ0v) is 12.4. The van der Waals surface area contributed by atoms with Gasteiger partial charge in [-0.1, -0.05) is 12.1 Å². The molecule has 0 saturated carbocycles. The highest BCUT2D eigenvalue weighted by Crippen LogP contribution is 2.23. The van der Waals surface area contributed by atoms with Gasteiger partial charge in [0.05, 0.1) is 28.5 Å². The summed E-state index contributed by atoms with van der Waals surface area (Å²) in [5, 5.41) is 0. The first-order chi connectivity index (χ1) is 11.6. The van der Waals surface area contributed by atoms with Gasteiger partial charge in [-0.15, -0.1) is 0 Å². The molecule has 7 nitrogen and oxygen atoms in total. The number of esters is 1. The van der Waals surface area contributed by atoms with Crippen LogP contribution in [-0.4, -0.2) is 39.2 Å². The first-order valence-corrected chi connectivity index (χ1v) is 7.22. The Bertz CT molecular complexity index is 957. The molecule has 0 unspecified atom stereocenters. The number of aromatic nitrogens is 2. The Morgan fingerprint density at radius 2 is 1.79 bits per heavy atom. The number of hydrogen-bond donors (Lipinski definition) is 1. The molecule has 0 spiro atoms. The Balaban J connectivity index is 1.50. The summed E-state index contributed by atoms with van der Waals surface area (Å²) in [6.07, 6.45) is 1.54. The van der Waals surface area contributed by atoms with E-state index in [9.17, 15) is 14.4 Å². The van der Waals surface area contributed by atoms with E-state index in [0.717, 1.165) is 15.9 Å². The number of rotatable bonds is 3. The van der Waals surface area contributed by atoms with Crippen LogP contribution < -0.4 is 4.74 Å². The number of benzene rings is 2. The standard InChI is InChI=1S/C17H11N3O4/c21-15(24-10-5-6-13-14(7-10)19-9-18-13)8-20-16(22)11-3-1-2-4-12(11)17(20)23/h1-7,9H,8H2,(H,18,19). The number of amides is 2. The minimum atomic E-state index is -0.691. The van der Waals surface area contributed by atoms with Crippen LogP contribution >= 0.6 is 0 Å². The van der Waals surface area contributed by atoms with Crippen molar-refractivity contribution in [3.8, 4) is 5.75 Å². The summed E-state index contributed by atoms with van der Waals surface area (Å²) < 4.78 is 5.22. The van der Waals surface area contributed by atoms with Crippen molar-refractivity contribution in [2.24, 2.45) is 0 Å². The largest absolute Gasteiger partial charge is 0.425 e. The molecule has 0 atom stereocenters. The van der Waals surface area contributed by atoms with Crippen LogP contribution in [-0.2, 0) is 4.79 Å². The molecule has 3 aromatic rings. The lowest BCUT2D eigenvalue weighted by atomic mass is 10.1. The summed E-state index contributed by atoms with van der Waals surface area (Å²) in [6.45, 7) is -0.437. The third kappa shape index (κ3) is 2.23. The van der Waals surface area contributed by atoms with Crippen LogP contribution in [0.2, 0.25) is 0 Å². The molecule has 2 amide bonds. The number of H-pyrrole nitrogens is 1. The molecule has 7 heteroatoms. The molecular formula is C17H11N3O4. The van der Waals surface area contributed by atoms with E-state index in [4.69, 9.17) is 4.74 Å². The molecule has 1 N–H and O–H groups in total. The van der Waals surface area contributed by atoms with Gasteiger partial charge in [0.25, 0.3) is 11.8 Å². The van der Waals surface area contributed by atoms with E-state index >= 15 is 0 Å². The summed E-state index contributed by atoms with van der Waals surface area (Å²) in [7, 11) is 0. The van der Waals surface area contributed by atoms with E-state index in [-0.39, 0.29) is 0 Å². The maximum atomic E-state index is 12.2. The number of nitrogens with zero attached hydrogens (tertiary/aromatic N) is 2. The molecule has 2 heterocycles. The number of imide groups is 1. The van der Waals surface area contributed by atoms with Crippen LogP contribution in [0.1, 0.15) is 20.7 Å². The summed E-state index contributed by atoms with van der Waals surface area (Å²) in [5.41, 5.74) is 2.07. The lowest BCUT2D eigenvalue weighted by Gasteiger charge is -2.12. The minimum Gasteiger partial charge on any atom is -0.425 e. The van der Waals surface area contributed by atoms with Gasteiger partial charge in [-0.25, -0.2) is 9.78 Å². The summed E-state index contributed by atoms with van der Waals surface area (Å²) in [5.74, 6) is -1.36. The predicted molar refractivity (Wildman–Crippen MR) is 83.5 cm³/mol. The molecule has 0 aliphatic carbocycles. The van der Waals surface area contributed by atoms with E-state index in [1.54, 1.807) is 42.5 Å². The molecule has 2 aromatic carbocycles. The van der Waals surface area contributed by atoms with Gasteiger partial charge in [0.15, 0.2) is 0 Å². The average Bonchev–Trinajstić information content (AvgIpc) is 3.14. The normalized spacial score (nSPS) is 13.4. The topological polar surface area (TPSA) is 92.4 Å². The number of carbonyl (C=O) groups is 3. The minimum absolute atomic E-state index is 0.300. The van der Waals surface area contributed by atoms with Gasteiger partial charge in [-0.2, -0.15) is 0 Å². The summed E-state index contributed by atoms with van der Waals surface area (Å²) in [6, 6.07) is 11.4. The quantitative estimate of drug-likeness (QED) is 0.451. The number of imidazole rings is 1. The van der Waals surface area contributed by atoms with Crippen molar-refractivity contribution < 1.29 is 19.1 Å². The molecular weight excluding hydrogens is 310 g/mol. The second-order valence-electron chi connectivity index (χ2n) is 5.30. The number of nitrogens with one attached hydrogen (secondary N) is 1. The summed E-state index contributed by atoms with van der Waals surface area (Å²) in [4.78, 5) is 44.4. The lowest BCUT2D eigenvalue weighted by Crippen LogP contribution is -2.36. The van der Waals surface area contributed by atoms with Crippen LogP contribution in [0.4, 0.5) is 0 Å². The molecule has 118 valence electrons. The average molecular weight is 321 g/mol. The van der Waals surface area contributed by atoms with Crippen LogP contribution in [0.5, 0.6) is 5.75 Å². The Kier molecular flexibility index (Phi) is 3.13. The monoisotopic (exact) mass is 321 g/mol. The van der Waals surface area contributed by atoms with Gasteiger partial charge in [0.2, 0.25) is 0 Å². The molecule has 0 radical (unpaired) electrons. The highest BCUT2D eigenvalue weighted by molar-refractivity contribution is 6.22. The Hall–Kier alpha value is -3.48. The Morgan fingerprint density at radius 3 is 2.50 bits per heavy atom. The fraction of sp³-hybridized carbons (Fsp3) is 0.0588. The first-order valence-electron chi connectivity index (χ1n) is 7.22. The van der Waals surface area contributed by atoms with E-state index < -0.39 is 24.3 Å². The number of fused-ring (bicyclic) bond motifs is 2. The first kappa shape index (κ1) is 14.1. The number of ether oxygens (including phenoxy) is 1. The second-order valence-corrected chi connectivity index (χ2v) is 5.30. The van der Waals surface area contributed by atoms with E-state index in [0.29, 0.717) is 16.9 Å². The van der Waals surface area contributed by atoms with Crippen LogP contribution in [0.15, 0.2) is 48.8 Å². The maximum Gasteiger partial charge on any atom is 0.331 e. The van der Waals surface area contributed by atoms with E-state index in [1.165, 1.54) is 6.33 Å². The van der Waals surface area contributed by atoms with Gasteiger partial charge >= 0.3 is 5.97 Å². The lowest BCUT2D eigenvalue weighted by molar-refractivity contribution is -0.134. The van der Waals surface area contributed by atoms with Crippen molar-refractivity contribution in [2.75, 3.05) is 6.54 Å². The molecule has 4 rings (SSSR count). The molecule has 0 saturated heterocycles. The van der Waals surface area contributed by atoms with Gasteiger partial charge in [-0.05, 0) is 24.3 Å². The van der Waals surface area contributed by atoms with E-state index in [1.807, 2.05) is 0 Å². The van der Waals surface area contributed by atoms with Gasteiger partial charge < -0.3 is 9.72 Å². The van der Waals surface area contributed by atoms with Crippen LogP contribution in [0.25, 0.3) is 11.0 Å². The molecule has 0 bridgehead atoms. The van der Waals surface area contributed by atoms with E-state index in [2.05, 4.69) is 9.97 Å². The molecule has 24 heavy (non-hydrogen) atoms. The van der Waals surface area contributed by atoms with Crippen molar-refractivity contribution >= 4 is 28.8 Å².